The molecule has 1 aromatic rings. The quantitative estimate of drug-likeness (QED) is 0.782. The molecule has 7 nitrogen and oxygen atoms in total. The summed E-state index contributed by atoms with van der Waals surface area (Å²) in [5.74, 6) is 0. The van der Waals surface area contributed by atoms with Crippen LogP contribution in [-0.4, -0.2) is 70.0 Å². The van der Waals surface area contributed by atoms with Gasteiger partial charge in [0.15, 0.2) is 0 Å². The third kappa shape index (κ3) is 3.92. The van der Waals surface area contributed by atoms with E-state index in [-0.39, 0.29) is 18.0 Å². The SMILES string of the molecule is Cc1cccc(S(=O)(=O)N2CCCN(S(=O)(=O)N(C)C)CC2)c1. The van der Waals surface area contributed by atoms with E-state index >= 15 is 0 Å². The molecule has 0 amide bonds. The molecule has 1 aliphatic rings. The fraction of sp³-hybridized carbons (Fsp3) is 0.571. The number of hydrogen-bond acceptors (Lipinski definition) is 4. The largest absolute Gasteiger partial charge is 0.281 e. The fourth-order valence-corrected chi connectivity index (χ4v) is 5.21. The van der Waals surface area contributed by atoms with Gasteiger partial charge in [0.05, 0.1) is 4.90 Å². The molecule has 0 spiro atoms. The minimum Gasteiger partial charge on any atom is -0.207 e. The molecule has 0 unspecified atom stereocenters. The molecule has 1 fully saturated rings. The molecule has 0 radical (unpaired) electrons. The van der Waals surface area contributed by atoms with Gasteiger partial charge in [0, 0.05) is 40.3 Å². The molecule has 1 aromatic carbocycles. The van der Waals surface area contributed by atoms with Gasteiger partial charge in [-0.25, -0.2) is 8.42 Å². The minimum atomic E-state index is -3.60. The second-order valence-corrected chi connectivity index (χ2v) is 9.84. The van der Waals surface area contributed by atoms with E-state index in [4.69, 9.17) is 0 Å². The summed E-state index contributed by atoms with van der Waals surface area (Å²) >= 11 is 0. The number of sulfonamides is 1. The predicted octanol–water partition coefficient (Wildman–Crippen LogP) is 0.498. The standard InChI is InChI=1S/C14H23N3O4S2/c1-13-6-4-7-14(12-13)22(18,19)16-8-5-9-17(11-10-16)23(20,21)15(2)3/h4,6-7,12H,5,8-11H2,1-3H3. The first-order chi connectivity index (χ1) is 10.7. The second kappa shape index (κ2) is 6.86. The highest BCUT2D eigenvalue weighted by molar-refractivity contribution is 7.89. The Kier molecular flexibility index (Phi) is 5.47. The molecular formula is C14H23N3O4S2. The van der Waals surface area contributed by atoms with Crippen LogP contribution in [0.2, 0.25) is 0 Å². The minimum absolute atomic E-state index is 0.156. The molecule has 0 N–H and O–H groups in total. The molecule has 2 rings (SSSR count). The van der Waals surface area contributed by atoms with Crippen LogP contribution in [-0.2, 0) is 20.2 Å². The predicted molar refractivity (Wildman–Crippen MR) is 88.7 cm³/mol. The molecule has 0 bridgehead atoms. The first kappa shape index (κ1) is 18.3. The van der Waals surface area contributed by atoms with Crippen molar-refractivity contribution >= 4 is 20.2 Å². The average molecular weight is 361 g/mol. The van der Waals surface area contributed by atoms with Gasteiger partial charge in [-0.1, -0.05) is 12.1 Å². The molecule has 0 atom stereocenters. The Labute approximate surface area is 138 Å². The monoisotopic (exact) mass is 361 g/mol. The van der Waals surface area contributed by atoms with Crippen LogP contribution >= 0.6 is 0 Å². The van der Waals surface area contributed by atoms with Crippen LogP contribution in [0.15, 0.2) is 29.2 Å². The Morgan fingerprint density at radius 2 is 1.57 bits per heavy atom. The molecule has 1 saturated heterocycles. The van der Waals surface area contributed by atoms with Crippen molar-refractivity contribution in [3.63, 3.8) is 0 Å². The van der Waals surface area contributed by atoms with Gasteiger partial charge in [0.2, 0.25) is 10.0 Å². The molecule has 1 heterocycles. The Bertz CT molecular complexity index is 760. The van der Waals surface area contributed by atoms with Gasteiger partial charge in [-0.3, -0.25) is 0 Å². The van der Waals surface area contributed by atoms with E-state index in [1.54, 1.807) is 18.2 Å². The highest BCUT2D eigenvalue weighted by atomic mass is 32.2. The molecule has 0 saturated carbocycles. The lowest BCUT2D eigenvalue weighted by atomic mass is 10.2. The van der Waals surface area contributed by atoms with Gasteiger partial charge in [0.25, 0.3) is 10.2 Å². The molecule has 9 heteroatoms. The first-order valence-electron chi connectivity index (χ1n) is 7.40. The summed E-state index contributed by atoms with van der Waals surface area (Å²) in [5.41, 5.74) is 0.873. The highest BCUT2D eigenvalue weighted by Crippen LogP contribution is 2.19. The van der Waals surface area contributed by atoms with Gasteiger partial charge in [0.1, 0.15) is 0 Å². The van der Waals surface area contributed by atoms with E-state index in [0.29, 0.717) is 19.5 Å². The third-order valence-electron chi connectivity index (χ3n) is 3.83. The van der Waals surface area contributed by atoms with Gasteiger partial charge < -0.3 is 0 Å². The fourth-order valence-electron chi connectivity index (χ4n) is 2.50. The van der Waals surface area contributed by atoms with Crippen LogP contribution < -0.4 is 0 Å². The maximum absolute atomic E-state index is 12.7. The second-order valence-electron chi connectivity index (χ2n) is 5.76. The maximum Gasteiger partial charge on any atom is 0.281 e. The smallest absolute Gasteiger partial charge is 0.207 e. The summed E-state index contributed by atoms with van der Waals surface area (Å²) in [6.45, 7) is 2.79. The van der Waals surface area contributed by atoms with E-state index in [0.717, 1.165) is 9.87 Å². The zero-order chi connectivity index (χ0) is 17.3. The molecular weight excluding hydrogens is 338 g/mol. The van der Waals surface area contributed by atoms with Crippen LogP contribution in [0.5, 0.6) is 0 Å². The summed E-state index contributed by atoms with van der Waals surface area (Å²) in [4.78, 5) is 0.251. The molecule has 130 valence electrons. The van der Waals surface area contributed by atoms with Crippen molar-refractivity contribution in [1.82, 2.24) is 12.9 Å². The van der Waals surface area contributed by atoms with Crippen LogP contribution in [0.1, 0.15) is 12.0 Å². The third-order valence-corrected chi connectivity index (χ3v) is 7.66. The Hall–Kier alpha value is -1.00. The van der Waals surface area contributed by atoms with E-state index in [2.05, 4.69) is 0 Å². The summed E-state index contributed by atoms with van der Waals surface area (Å²) < 4.78 is 53.7. The van der Waals surface area contributed by atoms with Crippen molar-refractivity contribution in [2.45, 2.75) is 18.2 Å². The van der Waals surface area contributed by atoms with Crippen molar-refractivity contribution in [3.05, 3.63) is 29.8 Å². The van der Waals surface area contributed by atoms with E-state index < -0.39 is 20.2 Å². The summed E-state index contributed by atoms with van der Waals surface area (Å²) in [5, 5.41) is 0. The zero-order valence-corrected chi connectivity index (χ0v) is 15.3. The lowest BCUT2D eigenvalue weighted by Crippen LogP contribution is -2.42. The number of aryl methyl sites for hydroxylation is 1. The lowest BCUT2D eigenvalue weighted by Gasteiger charge is -2.24. The van der Waals surface area contributed by atoms with Crippen molar-refractivity contribution < 1.29 is 16.8 Å². The Balaban J connectivity index is 2.21. The topological polar surface area (TPSA) is 78.0 Å². The molecule has 1 aliphatic heterocycles. The van der Waals surface area contributed by atoms with Crippen molar-refractivity contribution in [1.29, 1.82) is 0 Å². The zero-order valence-electron chi connectivity index (χ0n) is 13.6. The van der Waals surface area contributed by atoms with Crippen molar-refractivity contribution in [3.8, 4) is 0 Å². The van der Waals surface area contributed by atoms with Gasteiger partial charge in [-0.15, -0.1) is 0 Å². The van der Waals surface area contributed by atoms with Gasteiger partial charge in [-0.2, -0.15) is 21.3 Å². The van der Waals surface area contributed by atoms with E-state index in [1.807, 2.05) is 13.0 Å². The number of nitrogens with zero attached hydrogens (tertiary/aromatic N) is 3. The van der Waals surface area contributed by atoms with Crippen LogP contribution in [0.25, 0.3) is 0 Å². The van der Waals surface area contributed by atoms with Crippen LogP contribution in [0.3, 0.4) is 0 Å². The molecule has 23 heavy (non-hydrogen) atoms. The Morgan fingerprint density at radius 3 is 2.17 bits per heavy atom. The van der Waals surface area contributed by atoms with Gasteiger partial charge >= 0.3 is 0 Å². The lowest BCUT2D eigenvalue weighted by molar-refractivity contribution is 0.378. The molecule has 0 aromatic heterocycles. The van der Waals surface area contributed by atoms with E-state index in [1.165, 1.54) is 22.7 Å². The van der Waals surface area contributed by atoms with Crippen LogP contribution in [0.4, 0.5) is 0 Å². The van der Waals surface area contributed by atoms with Crippen molar-refractivity contribution in [2.75, 3.05) is 40.3 Å². The highest BCUT2D eigenvalue weighted by Gasteiger charge is 2.31. The van der Waals surface area contributed by atoms with E-state index in [9.17, 15) is 16.8 Å². The number of hydrogen-bond donors (Lipinski definition) is 0. The first-order valence-corrected chi connectivity index (χ1v) is 10.2. The number of rotatable bonds is 4. The Morgan fingerprint density at radius 1 is 0.957 bits per heavy atom. The van der Waals surface area contributed by atoms with Crippen molar-refractivity contribution in [2.24, 2.45) is 0 Å². The molecule has 0 aliphatic carbocycles. The maximum atomic E-state index is 12.7. The summed E-state index contributed by atoms with van der Waals surface area (Å²) in [6.07, 6.45) is 0.470. The normalized spacial score (nSPS) is 19.0. The summed E-state index contributed by atoms with van der Waals surface area (Å²) in [7, 11) is -4.17. The van der Waals surface area contributed by atoms with Crippen LogP contribution in [0, 0.1) is 6.92 Å². The summed E-state index contributed by atoms with van der Waals surface area (Å²) in [6, 6.07) is 6.76. The van der Waals surface area contributed by atoms with Gasteiger partial charge in [-0.05, 0) is 31.0 Å². The average Bonchev–Trinajstić information content (AvgIpc) is 2.73. The number of benzene rings is 1.